The summed E-state index contributed by atoms with van der Waals surface area (Å²) in [6.45, 7) is 5.95. The Balaban J connectivity index is 1.58. The van der Waals surface area contributed by atoms with Crippen LogP contribution in [0.2, 0.25) is 0 Å². The van der Waals surface area contributed by atoms with E-state index < -0.39 is 0 Å². The van der Waals surface area contributed by atoms with E-state index in [1.165, 1.54) is 21.4 Å². The monoisotopic (exact) mass is 385 g/mol. The molecule has 3 N–H and O–H groups in total. The normalized spacial score (nSPS) is 11.1. The van der Waals surface area contributed by atoms with Crippen molar-refractivity contribution in [3.05, 3.63) is 57.4 Å². The van der Waals surface area contributed by atoms with Gasteiger partial charge in [0.1, 0.15) is 0 Å². The van der Waals surface area contributed by atoms with Gasteiger partial charge in [0.05, 0.1) is 6.54 Å². The summed E-state index contributed by atoms with van der Waals surface area (Å²) in [5, 5.41) is 13.4. The summed E-state index contributed by atoms with van der Waals surface area (Å²) in [5.41, 5.74) is 3.60. The summed E-state index contributed by atoms with van der Waals surface area (Å²) in [6, 6.07) is 10.3. The maximum absolute atomic E-state index is 12.6. The Hall–Kier alpha value is -2.31. The van der Waals surface area contributed by atoms with Crippen LogP contribution in [0.4, 0.5) is 4.79 Å². The van der Waals surface area contributed by atoms with Crippen molar-refractivity contribution in [3.8, 4) is 0 Å². The third-order valence-electron chi connectivity index (χ3n) is 4.70. The van der Waals surface area contributed by atoms with Crippen LogP contribution >= 0.6 is 11.3 Å². The van der Waals surface area contributed by atoms with Crippen molar-refractivity contribution < 1.29 is 9.90 Å². The summed E-state index contributed by atoms with van der Waals surface area (Å²) < 4.78 is 0. The minimum absolute atomic E-state index is 0.0782. The van der Waals surface area contributed by atoms with Gasteiger partial charge in [0.2, 0.25) is 0 Å². The van der Waals surface area contributed by atoms with E-state index in [0.29, 0.717) is 26.1 Å². The summed E-state index contributed by atoms with van der Waals surface area (Å²) in [6.07, 6.45) is 3.39. The average molecular weight is 386 g/mol. The highest BCUT2D eigenvalue weighted by molar-refractivity contribution is 7.11. The number of benzene rings is 1. The van der Waals surface area contributed by atoms with E-state index in [1.807, 2.05) is 6.20 Å². The number of fused-ring (bicyclic) bond motifs is 1. The van der Waals surface area contributed by atoms with E-state index in [9.17, 15) is 4.79 Å². The van der Waals surface area contributed by atoms with Gasteiger partial charge in [0.25, 0.3) is 0 Å². The van der Waals surface area contributed by atoms with Crippen molar-refractivity contribution in [1.82, 2.24) is 15.2 Å². The Labute approximate surface area is 164 Å². The lowest BCUT2D eigenvalue weighted by Gasteiger charge is -2.22. The topological polar surface area (TPSA) is 68.4 Å². The van der Waals surface area contributed by atoms with Gasteiger partial charge >= 0.3 is 6.03 Å². The van der Waals surface area contributed by atoms with E-state index in [-0.39, 0.29) is 12.6 Å². The number of nitrogens with one attached hydrogen (secondary N) is 2. The molecule has 0 atom stereocenters. The molecular weight excluding hydrogens is 358 g/mol. The van der Waals surface area contributed by atoms with Crippen molar-refractivity contribution in [2.24, 2.45) is 0 Å². The third kappa shape index (κ3) is 4.90. The maximum atomic E-state index is 12.6. The van der Waals surface area contributed by atoms with Gasteiger partial charge < -0.3 is 20.3 Å². The number of urea groups is 1. The Morgan fingerprint density at radius 2 is 2.11 bits per heavy atom. The van der Waals surface area contributed by atoms with Crippen LogP contribution in [0.25, 0.3) is 10.9 Å². The van der Waals surface area contributed by atoms with Crippen LogP contribution < -0.4 is 5.32 Å². The Kier molecular flexibility index (Phi) is 6.53. The number of para-hydroxylation sites is 1. The molecule has 27 heavy (non-hydrogen) atoms. The van der Waals surface area contributed by atoms with E-state index in [4.69, 9.17) is 5.11 Å². The zero-order valence-electron chi connectivity index (χ0n) is 15.9. The van der Waals surface area contributed by atoms with Gasteiger partial charge in [-0.05, 0) is 49.9 Å². The predicted octanol–water partition coefficient (Wildman–Crippen LogP) is 3.98. The van der Waals surface area contributed by atoms with E-state index >= 15 is 0 Å². The fourth-order valence-corrected chi connectivity index (χ4v) is 4.17. The van der Waals surface area contributed by atoms with Crippen LogP contribution in [0, 0.1) is 13.8 Å². The number of rotatable bonds is 8. The quantitative estimate of drug-likeness (QED) is 0.549. The predicted molar refractivity (Wildman–Crippen MR) is 111 cm³/mol. The number of amides is 2. The first-order valence-corrected chi connectivity index (χ1v) is 10.1. The molecule has 144 valence electrons. The first kappa shape index (κ1) is 19.5. The van der Waals surface area contributed by atoms with Gasteiger partial charge in [-0.15, -0.1) is 11.3 Å². The van der Waals surface area contributed by atoms with E-state index in [0.717, 1.165) is 16.8 Å². The highest BCUT2D eigenvalue weighted by atomic mass is 32.1. The standard InChI is InChI=1S/C21H27N3O2S/c1-15-5-3-6-19-17(13-23-20(15)19)9-10-22-21(26)24(11-4-12-25)14-18-8-7-16(2)27-18/h3,5-8,13,23,25H,4,9-12,14H2,1-2H3,(H,22,26). The van der Waals surface area contributed by atoms with Gasteiger partial charge in [0, 0.05) is 46.6 Å². The fraction of sp³-hybridized carbons (Fsp3) is 0.381. The smallest absolute Gasteiger partial charge is 0.317 e. The molecule has 6 heteroatoms. The molecule has 0 saturated heterocycles. The number of aliphatic hydroxyl groups excluding tert-OH is 1. The molecule has 2 heterocycles. The second-order valence-electron chi connectivity index (χ2n) is 6.80. The summed E-state index contributed by atoms with van der Waals surface area (Å²) in [5.74, 6) is 0. The second kappa shape index (κ2) is 9.06. The fourth-order valence-electron chi connectivity index (χ4n) is 3.26. The van der Waals surface area contributed by atoms with Crippen molar-refractivity contribution in [2.75, 3.05) is 19.7 Å². The summed E-state index contributed by atoms with van der Waals surface area (Å²) in [7, 11) is 0. The zero-order valence-corrected chi connectivity index (χ0v) is 16.7. The van der Waals surface area contributed by atoms with Crippen LogP contribution in [0.1, 0.15) is 27.3 Å². The minimum Gasteiger partial charge on any atom is -0.396 e. The molecular formula is C21H27N3O2S. The number of aromatic amines is 1. The Morgan fingerprint density at radius 1 is 1.26 bits per heavy atom. The number of nitrogens with zero attached hydrogens (tertiary/aromatic N) is 1. The second-order valence-corrected chi connectivity index (χ2v) is 8.18. The lowest BCUT2D eigenvalue weighted by molar-refractivity contribution is 0.187. The van der Waals surface area contributed by atoms with Crippen molar-refractivity contribution >= 4 is 28.3 Å². The number of hydrogen-bond acceptors (Lipinski definition) is 3. The molecule has 0 radical (unpaired) electrons. The molecule has 2 amide bonds. The molecule has 0 aliphatic rings. The molecule has 3 rings (SSSR count). The first-order chi connectivity index (χ1) is 13.1. The molecule has 0 fully saturated rings. The largest absolute Gasteiger partial charge is 0.396 e. The number of aryl methyl sites for hydroxylation is 2. The van der Waals surface area contributed by atoms with Gasteiger partial charge in [-0.2, -0.15) is 0 Å². The Morgan fingerprint density at radius 3 is 2.85 bits per heavy atom. The molecule has 0 saturated carbocycles. The van der Waals surface area contributed by atoms with Gasteiger partial charge in [-0.3, -0.25) is 0 Å². The first-order valence-electron chi connectivity index (χ1n) is 9.33. The highest BCUT2D eigenvalue weighted by Crippen LogP contribution is 2.21. The van der Waals surface area contributed by atoms with E-state index in [1.54, 1.807) is 16.2 Å². The number of hydrogen-bond donors (Lipinski definition) is 3. The van der Waals surface area contributed by atoms with Gasteiger partial charge in [-0.1, -0.05) is 18.2 Å². The number of aromatic nitrogens is 1. The average Bonchev–Trinajstić information content (AvgIpc) is 3.25. The molecule has 0 spiro atoms. The Bertz CT molecular complexity index is 900. The van der Waals surface area contributed by atoms with Crippen LogP contribution in [-0.2, 0) is 13.0 Å². The van der Waals surface area contributed by atoms with E-state index in [2.05, 4.69) is 54.5 Å². The van der Waals surface area contributed by atoms with Gasteiger partial charge in [0.15, 0.2) is 0 Å². The van der Waals surface area contributed by atoms with Crippen LogP contribution in [0.3, 0.4) is 0 Å². The maximum Gasteiger partial charge on any atom is 0.317 e. The van der Waals surface area contributed by atoms with Crippen LogP contribution in [-0.4, -0.2) is 40.7 Å². The molecule has 0 bridgehead atoms. The molecule has 0 aliphatic carbocycles. The lowest BCUT2D eigenvalue weighted by atomic mass is 10.1. The number of aliphatic hydroxyl groups is 1. The number of thiophene rings is 1. The minimum atomic E-state index is -0.0782. The molecule has 0 unspecified atom stereocenters. The van der Waals surface area contributed by atoms with Gasteiger partial charge in [-0.25, -0.2) is 4.79 Å². The van der Waals surface area contributed by atoms with Crippen molar-refractivity contribution in [3.63, 3.8) is 0 Å². The van der Waals surface area contributed by atoms with Crippen LogP contribution in [0.5, 0.6) is 0 Å². The third-order valence-corrected chi connectivity index (χ3v) is 5.68. The molecule has 5 nitrogen and oxygen atoms in total. The summed E-state index contributed by atoms with van der Waals surface area (Å²) >= 11 is 1.70. The number of carbonyl (C=O) groups excluding carboxylic acids is 1. The number of carbonyl (C=O) groups is 1. The zero-order chi connectivity index (χ0) is 19.2. The van der Waals surface area contributed by atoms with Crippen molar-refractivity contribution in [2.45, 2.75) is 33.2 Å². The molecule has 1 aromatic carbocycles. The lowest BCUT2D eigenvalue weighted by Crippen LogP contribution is -2.41. The number of H-pyrrole nitrogens is 1. The molecule has 0 aliphatic heterocycles. The van der Waals surface area contributed by atoms with Crippen molar-refractivity contribution in [1.29, 1.82) is 0 Å². The molecule has 2 aromatic heterocycles. The molecule has 3 aromatic rings. The van der Waals surface area contributed by atoms with Crippen LogP contribution in [0.15, 0.2) is 36.5 Å². The summed E-state index contributed by atoms with van der Waals surface area (Å²) in [4.78, 5) is 20.1. The SMILES string of the molecule is Cc1ccc(CN(CCCO)C(=O)NCCc2c[nH]c3c(C)cccc23)s1. The highest BCUT2D eigenvalue weighted by Gasteiger charge is 2.14.